The van der Waals surface area contributed by atoms with Crippen LogP contribution in [0, 0.1) is 0 Å². The third-order valence-electron chi connectivity index (χ3n) is 3.00. The van der Waals surface area contributed by atoms with Gasteiger partial charge in [-0.2, -0.15) is 0 Å². The normalized spacial score (nSPS) is 17.1. The fourth-order valence-corrected chi connectivity index (χ4v) is 2.23. The predicted molar refractivity (Wildman–Crippen MR) is 66.7 cm³/mol. The zero-order chi connectivity index (χ0) is 11.6. The maximum Gasteiger partial charge on any atom is 1.00 e. The standard InChI is InChI=1S/C15H14O2.Li.H/c1-3-7-13(8-4-1)15(16-11-12-17-15)14-9-5-2-6-10-14;;/h1-10H,11-12H2;;/q;+1;-1. The second-order valence-corrected chi connectivity index (χ2v) is 4.05. The molecule has 2 aromatic rings. The van der Waals surface area contributed by atoms with Crippen LogP contribution in [0.25, 0.3) is 0 Å². The van der Waals surface area contributed by atoms with Gasteiger partial charge in [-0.1, -0.05) is 60.7 Å². The molecule has 0 atom stereocenters. The molecule has 0 unspecified atom stereocenters. The van der Waals surface area contributed by atoms with E-state index in [9.17, 15) is 0 Å². The van der Waals surface area contributed by atoms with Gasteiger partial charge in [-0.25, -0.2) is 0 Å². The largest absolute Gasteiger partial charge is 1.00 e. The second kappa shape index (κ2) is 5.73. The third kappa shape index (κ3) is 2.25. The van der Waals surface area contributed by atoms with E-state index in [1.807, 2.05) is 60.7 Å². The van der Waals surface area contributed by atoms with Gasteiger partial charge in [0.1, 0.15) is 0 Å². The van der Waals surface area contributed by atoms with Crippen molar-refractivity contribution < 1.29 is 29.8 Å². The minimum Gasteiger partial charge on any atom is -1.00 e. The van der Waals surface area contributed by atoms with Crippen LogP contribution < -0.4 is 18.9 Å². The van der Waals surface area contributed by atoms with Gasteiger partial charge in [0.15, 0.2) is 0 Å². The van der Waals surface area contributed by atoms with Crippen molar-refractivity contribution in [3.05, 3.63) is 71.8 Å². The first-order chi connectivity index (χ1) is 8.42. The Morgan fingerprint density at radius 2 is 1.11 bits per heavy atom. The monoisotopic (exact) mass is 234 g/mol. The zero-order valence-corrected chi connectivity index (χ0v) is 10.5. The molecule has 0 amide bonds. The van der Waals surface area contributed by atoms with Crippen LogP contribution in [-0.4, -0.2) is 13.2 Å². The molecule has 88 valence electrons. The van der Waals surface area contributed by atoms with E-state index in [0.717, 1.165) is 11.1 Å². The van der Waals surface area contributed by atoms with E-state index >= 15 is 0 Å². The Kier molecular flexibility index (Phi) is 4.26. The smallest absolute Gasteiger partial charge is 1.00 e. The molecule has 0 saturated carbocycles. The molecular weight excluding hydrogens is 219 g/mol. The summed E-state index contributed by atoms with van der Waals surface area (Å²) in [4.78, 5) is 0. The van der Waals surface area contributed by atoms with Gasteiger partial charge in [0.25, 0.3) is 0 Å². The number of benzene rings is 2. The van der Waals surface area contributed by atoms with E-state index < -0.39 is 5.79 Å². The summed E-state index contributed by atoms with van der Waals surface area (Å²) in [5.41, 5.74) is 2.09. The summed E-state index contributed by atoms with van der Waals surface area (Å²) >= 11 is 0. The molecule has 1 aliphatic heterocycles. The second-order valence-electron chi connectivity index (χ2n) is 4.05. The minimum absolute atomic E-state index is 0. The zero-order valence-electron chi connectivity index (χ0n) is 11.5. The van der Waals surface area contributed by atoms with Gasteiger partial charge in [-0.15, -0.1) is 0 Å². The molecule has 18 heavy (non-hydrogen) atoms. The topological polar surface area (TPSA) is 18.5 Å². The summed E-state index contributed by atoms with van der Waals surface area (Å²) in [6.45, 7) is 1.26. The van der Waals surface area contributed by atoms with Crippen LogP contribution >= 0.6 is 0 Å². The van der Waals surface area contributed by atoms with Gasteiger partial charge >= 0.3 is 18.9 Å². The maximum absolute atomic E-state index is 5.89. The molecule has 2 aromatic carbocycles. The molecule has 1 heterocycles. The molecule has 2 nitrogen and oxygen atoms in total. The maximum atomic E-state index is 5.89. The van der Waals surface area contributed by atoms with Crippen LogP contribution in [0.15, 0.2) is 60.7 Å². The molecule has 0 aromatic heterocycles. The van der Waals surface area contributed by atoms with Crippen LogP contribution in [0.4, 0.5) is 0 Å². The molecule has 0 N–H and O–H groups in total. The van der Waals surface area contributed by atoms with E-state index in [1.165, 1.54) is 0 Å². The van der Waals surface area contributed by atoms with E-state index in [1.54, 1.807) is 0 Å². The first kappa shape index (κ1) is 13.4. The fourth-order valence-electron chi connectivity index (χ4n) is 2.23. The van der Waals surface area contributed by atoms with Crippen molar-refractivity contribution in [2.45, 2.75) is 5.79 Å². The molecule has 0 radical (unpaired) electrons. The van der Waals surface area contributed by atoms with Gasteiger partial charge in [-0.3, -0.25) is 0 Å². The fraction of sp³-hybridized carbons (Fsp3) is 0.200. The molecule has 0 spiro atoms. The Hall–Kier alpha value is -1.04. The third-order valence-corrected chi connectivity index (χ3v) is 3.00. The Balaban J connectivity index is 0.000000902. The number of hydrogen-bond acceptors (Lipinski definition) is 2. The molecular formula is C15H15LiO2. The van der Waals surface area contributed by atoms with Crippen LogP contribution in [0.3, 0.4) is 0 Å². The molecule has 3 heteroatoms. The van der Waals surface area contributed by atoms with Gasteiger partial charge in [-0.05, 0) is 0 Å². The molecule has 0 aliphatic carbocycles. The molecule has 0 bridgehead atoms. The quantitative estimate of drug-likeness (QED) is 0.684. The molecule has 1 fully saturated rings. The first-order valence-corrected chi connectivity index (χ1v) is 5.81. The summed E-state index contributed by atoms with van der Waals surface area (Å²) in [6.07, 6.45) is 0. The average Bonchev–Trinajstić information content (AvgIpc) is 2.91. The Labute approximate surface area is 121 Å². The summed E-state index contributed by atoms with van der Waals surface area (Å²) in [5.74, 6) is -0.720. The van der Waals surface area contributed by atoms with Crippen LogP contribution in [0.1, 0.15) is 12.6 Å². The van der Waals surface area contributed by atoms with Gasteiger partial charge in [0, 0.05) is 11.1 Å². The van der Waals surface area contributed by atoms with E-state index in [4.69, 9.17) is 9.47 Å². The van der Waals surface area contributed by atoms with Crippen molar-refractivity contribution in [1.82, 2.24) is 0 Å². The first-order valence-electron chi connectivity index (χ1n) is 5.81. The predicted octanol–water partition coefficient (Wildman–Crippen LogP) is 0.0510. The Morgan fingerprint density at radius 3 is 1.50 bits per heavy atom. The van der Waals surface area contributed by atoms with Crippen molar-refractivity contribution in [1.29, 1.82) is 0 Å². The average molecular weight is 234 g/mol. The van der Waals surface area contributed by atoms with Crippen molar-refractivity contribution in [3.63, 3.8) is 0 Å². The number of ether oxygens (including phenoxy) is 2. The van der Waals surface area contributed by atoms with Crippen molar-refractivity contribution >= 4 is 0 Å². The SMILES string of the molecule is [H-].[Li+].c1ccc(C2(c3ccccc3)OCCO2)cc1. The summed E-state index contributed by atoms with van der Waals surface area (Å²) < 4.78 is 11.8. The van der Waals surface area contributed by atoms with Gasteiger partial charge < -0.3 is 10.9 Å². The van der Waals surface area contributed by atoms with E-state index in [-0.39, 0.29) is 20.3 Å². The van der Waals surface area contributed by atoms with Crippen molar-refractivity contribution in [3.8, 4) is 0 Å². The summed E-state index contributed by atoms with van der Waals surface area (Å²) in [6, 6.07) is 20.2. The minimum atomic E-state index is -0.720. The molecule has 3 rings (SSSR count). The number of rotatable bonds is 2. The molecule has 1 aliphatic rings. The summed E-state index contributed by atoms with van der Waals surface area (Å²) in [7, 11) is 0. The van der Waals surface area contributed by atoms with Crippen molar-refractivity contribution in [2.24, 2.45) is 0 Å². The van der Waals surface area contributed by atoms with Gasteiger partial charge in [0.2, 0.25) is 5.79 Å². The van der Waals surface area contributed by atoms with Gasteiger partial charge in [0.05, 0.1) is 13.2 Å². The Bertz CT molecular complexity index is 443. The van der Waals surface area contributed by atoms with E-state index in [0.29, 0.717) is 13.2 Å². The van der Waals surface area contributed by atoms with Crippen LogP contribution in [0.2, 0.25) is 0 Å². The summed E-state index contributed by atoms with van der Waals surface area (Å²) in [5, 5.41) is 0. The number of hydrogen-bond donors (Lipinski definition) is 0. The Morgan fingerprint density at radius 1 is 0.722 bits per heavy atom. The van der Waals surface area contributed by atoms with Crippen LogP contribution in [0.5, 0.6) is 0 Å². The molecule has 1 saturated heterocycles. The van der Waals surface area contributed by atoms with Crippen LogP contribution in [-0.2, 0) is 15.3 Å². The van der Waals surface area contributed by atoms with E-state index in [2.05, 4.69) is 0 Å². The van der Waals surface area contributed by atoms with Crippen molar-refractivity contribution in [2.75, 3.05) is 13.2 Å².